The summed E-state index contributed by atoms with van der Waals surface area (Å²) in [6.45, 7) is 14.6. The SMILES string of the molecule is CCC(C)CCC(CCC(C)C1CCC1C)CC(CC)CC. The molecule has 1 aliphatic carbocycles. The molecule has 5 unspecified atom stereocenters. The van der Waals surface area contributed by atoms with Crippen LogP contribution in [0.1, 0.15) is 106 Å². The molecule has 0 aromatic carbocycles. The Labute approximate surface area is 141 Å². The topological polar surface area (TPSA) is 0 Å². The lowest BCUT2D eigenvalue weighted by Gasteiger charge is -2.39. The Morgan fingerprint density at radius 1 is 0.773 bits per heavy atom. The molecular weight excluding hydrogens is 264 g/mol. The van der Waals surface area contributed by atoms with Gasteiger partial charge in [0.2, 0.25) is 0 Å². The minimum absolute atomic E-state index is 0.924. The molecule has 1 saturated carbocycles. The Bertz CT molecular complexity index is 265. The van der Waals surface area contributed by atoms with Gasteiger partial charge in [-0.25, -0.2) is 0 Å². The predicted molar refractivity (Wildman–Crippen MR) is 101 cm³/mol. The summed E-state index contributed by atoms with van der Waals surface area (Å²) in [5.41, 5.74) is 0. The molecule has 0 N–H and O–H groups in total. The van der Waals surface area contributed by atoms with Crippen LogP contribution in [0.15, 0.2) is 0 Å². The molecule has 0 spiro atoms. The molecule has 0 radical (unpaired) electrons. The first-order chi connectivity index (χ1) is 10.5. The van der Waals surface area contributed by atoms with E-state index in [0.29, 0.717) is 0 Å². The van der Waals surface area contributed by atoms with Crippen LogP contribution < -0.4 is 0 Å². The summed E-state index contributed by atoms with van der Waals surface area (Å²) in [5.74, 6) is 5.91. The van der Waals surface area contributed by atoms with Crippen LogP contribution in [-0.2, 0) is 0 Å². The lowest BCUT2D eigenvalue weighted by atomic mass is 9.67. The first-order valence-electron chi connectivity index (χ1n) is 10.5. The van der Waals surface area contributed by atoms with E-state index in [-0.39, 0.29) is 0 Å². The van der Waals surface area contributed by atoms with Gasteiger partial charge >= 0.3 is 0 Å². The van der Waals surface area contributed by atoms with Gasteiger partial charge in [-0.2, -0.15) is 0 Å². The van der Waals surface area contributed by atoms with E-state index >= 15 is 0 Å². The maximum atomic E-state index is 2.53. The van der Waals surface area contributed by atoms with Crippen LogP contribution in [0.25, 0.3) is 0 Å². The molecule has 0 amide bonds. The molecule has 0 saturated heterocycles. The van der Waals surface area contributed by atoms with Crippen LogP contribution in [-0.4, -0.2) is 0 Å². The highest BCUT2D eigenvalue weighted by Gasteiger charge is 2.31. The normalized spacial score (nSPS) is 25.8. The van der Waals surface area contributed by atoms with E-state index in [2.05, 4.69) is 41.5 Å². The Kier molecular flexibility index (Phi) is 9.76. The average molecular weight is 309 g/mol. The molecule has 132 valence electrons. The smallest absolute Gasteiger partial charge is 0.0363 e. The summed E-state index contributed by atoms with van der Waals surface area (Å²) >= 11 is 0. The molecular formula is C22H44. The van der Waals surface area contributed by atoms with Gasteiger partial charge in [-0.1, -0.05) is 92.9 Å². The largest absolute Gasteiger partial charge is 0.0651 e. The van der Waals surface area contributed by atoms with Crippen molar-refractivity contribution in [3.05, 3.63) is 0 Å². The fourth-order valence-corrected chi connectivity index (χ4v) is 4.45. The molecule has 1 fully saturated rings. The zero-order chi connectivity index (χ0) is 16.5. The van der Waals surface area contributed by atoms with Gasteiger partial charge in [0.05, 0.1) is 0 Å². The Hall–Kier alpha value is 0. The predicted octanol–water partition coefficient (Wildman–Crippen LogP) is 7.72. The molecule has 0 aromatic heterocycles. The second-order valence-electron chi connectivity index (χ2n) is 8.65. The molecule has 0 bridgehead atoms. The van der Waals surface area contributed by atoms with E-state index in [1.165, 1.54) is 64.2 Å². The summed E-state index contributed by atoms with van der Waals surface area (Å²) < 4.78 is 0. The van der Waals surface area contributed by atoms with Gasteiger partial charge in [-0.05, 0) is 48.3 Å². The second kappa shape index (κ2) is 10.7. The molecule has 1 aliphatic rings. The van der Waals surface area contributed by atoms with Crippen LogP contribution >= 0.6 is 0 Å². The van der Waals surface area contributed by atoms with Crippen molar-refractivity contribution < 1.29 is 0 Å². The van der Waals surface area contributed by atoms with E-state index in [1.807, 2.05) is 0 Å². The van der Waals surface area contributed by atoms with Gasteiger partial charge in [-0.15, -0.1) is 0 Å². The molecule has 0 aliphatic heterocycles. The second-order valence-corrected chi connectivity index (χ2v) is 8.65. The number of hydrogen-bond donors (Lipinski definition) is 0. The zero-order valence-electron chi connectivity index (χ0n) is 16.5. The highest BCUT2D eigenvalue weighted by atomic mass is 14.4. The van der Waals surface area contributed by atoms with Crippen LogP contribution in [0, 0.1) is 35.5 Å². The van der Waals surface area contributed by atoms with E-state index in [9.17, 15) is 0 Å². The highest BCUT2D eigenvalue weighted by Crippen LogP contribution is 2.41. The maximum Gasteiger partial charge on any atom is -0.0363 e. The van der Waals surface area contributed by atoms with Crippen molar-refractivity contribution in [2.45, 2.75) is 106 Å². The van der Waals surface area contributed by atoms with Crippen molar-refractivity contribution >= 4 is 0 Å². The lowest BCUT2D eigenvalue weighted by molar-refractivity contribution is 0.115. The van der Waals surface area contributed by atoms with Crippen molar-refractivity contribution in [2.75, 3.05) is 0 Å². The summed E-state index contributed by atoms with van der Waals surface area (Å²) in [6, 6.07) is 0. The van der Waals surface area contributed by atoms with Gasteiger partial charge < -0.3 is 0 Å². The van der Waals surface area contributed by atoms with Crippen molar-refractivity contribution in [2.24, 2.45) is 35.5 Å². The van der Waals surface area contributed by atoms with E-state index in [0.717, 1.165) is 35.5 Å². The monoisotopic (exact) mass is 308 g/mol. The van der Waals surface area contributed by atoms with Gasteiger partial charge in [0.15, 0.2) is 0 Å². The zero-order valence-corrected chi connectivity index (χ0v) is 16.5. The van der Waals surface area contributed by atoms with Gasteiger partial charge in [0, 0.05) is 0 Å². The first kappa shape index (κ1) is 20.0. The van der Waals surface area contributed by atoms with E-state index in [4.69, 9.17) is 0 Å². The van der Waals surface area contributed by atoms with E-state index in [1.54, 1.807) is 0 Å². The number of rotatable bonds is 12. The highest BCUT2D eigenvalue weighted by molar-refractivity contribution is 4.82. The molecule has 0 heteroatoms. The van der Waals surface area contributed by atoms with Crippen molar-refractivity contribution in [1.29, 1.82) is 0 Å². The van der Waals surface area contributed by atoms with Gasteiger partial charge in [-0.3, -0.25) is 0 Å². The van der Waals surface area contributed by atoms with Crippen LogP contribution in [0.2, 0.25) is 0 Å². The Morgan fingerprint density at radius 3 is 1.86 bits per heavy atom. The summed E-state index contributed by atoms with van der Waals surface area (Å²) in [5, 5.41) is 0. The third-order valence-electron chi connectivity index (χ3n) is 7.03. The molecule has 0 heterocycles. The molecule has 22 heavy (non-hydrogen) atoms. The van der Waals surface area contributed by atoms with E-state index < -0.39 is 0 Å². The Balaban J connectivity index is 2.41. The fourth-order valence-electron chi connectivity index (χ4n) is 4.45. The summed E-state index contributed by atoms with van der Waals surface area (Å²) in [6.07, 6.45) is 14.5. The Morgan fingerprint density at radius 2 is 1.41 bits per heavy atom. The third-order valence-corrected chi connectivity index (χ3v) is 7.03. The van der Waals surface area contributed by atoms with Crippen LogP contribution in [0.4, 0.5) is 0 Å². The third kappa shape index (κ3) is 6.63. The lowest BCUT2D eigenvalue weighted by Crippen LogP contribution is -2.29. The van der Waals surface area contributed by atoms with Gasteiger partial charge in [0.25, 0.3) is 0 Å². The van der Waals surface area contributed by atoms with Crippen LogP contribution in [0.3, 0.4) is 0 Å². The molecule has 5 atom stereocenters. The minimum atomic E-state index is 0.924. The standard InChI is InChI=1S/C22H44/c1-7-17(4)10-13-21(16-20(8-2)9-3)14-11-18(5)22-15-12-19(22)6/h17-22H,7-16H2,1-6H3. The molecule has 0 aromatic rings. The quantitative estimate of drug-likeness (QED) is 0.346. The molecule has 1 rings (SSSR count). The summed E-state index contributed by atoms with van der Waals surface area (Å²) in [4.78, 5) is 0. The number of hydrogen-bond acceptors (Lipinski definition) is 0. The van der Waals surface area contributed by atoms with Crippen molar-refractivity contribution in [3.8, 4) is 0 Å². The van der Waals surface area contributed by atoms with Crippen molar-refractivity contribution in [1.82, 2.24) is 0 Å². The molecule has 0 nitrogen and oxygen atoms in total. The van der Waals surface area contributed by atoms with Crippen LogP contribution in [0.5, 0.6) is 0 Å². The van der Waals surface area contributed by atoms with Crippen molar-refractivity contribution in [3.63, 3.8) is 0 Å². The maximum absolute atomic E-state index is 2.53. The summed E-state index contributed by atoms with van der Waals surface area (Å²) in [7, 11) is 0. The first-order valence-corrected chi connectivity index (χ1v) is 10.5. The minimum Gasteiger partial charge on any atom is -0.0651 e. The van der Waals surface area contributed by atoms with Gasteiger partial charge in [0.1, 0.15) is 0 Å². The average Bonchev–Trinajstić information content (AvgIpc) is 2.52. The fraction of sp³-hybridized carbons (Fsp3) is 1.00.